The fraction of sp³-hybridized carbons (Fsp3) is 0.400. The van der Waals surface area contributed by atoms with Gasteiger partial charge in [-0.25, -0.2) is 0 Å². The molecule has 0 radical (unpaired) electrons. The van der Waals surface area contributed by atoms with E-state index < -0.39 is 12.1 Å². The van der Waals surface area contributed by atoms with Crippen LogP contribution in [0.5, 0.6) is 11.5 Å². The number of nitrogens with two attached hydrogens (primary N) is 1. The highest BCUT2D eigenvalue weighted by molar-refractivity contribution is 9.10. The highest BCUT2D eigenvalue weighted by Crippen LogP contribution is 2.38. The van der Waals surface area contributed by atoms with E-state index in [1.54, 1.807) is 13.0 Å². The van der Waals surface area contributed by atoms with E-state index in [1.807, 2.05) is 0 Å². The van der Waals surface area contributed by atoms with Crippen LogP contribution in [0, 0.1) is 0 Å². The van der Waals surface area contributed by atoms with E-state index in [1.165, 1.54) is 13.2 Å². The molecule has 0 aliphatic heterocycles. The van der Waals surface area contributed by atoms with Crippen LogP contribution in [-0.2, 0) is 0 Å². The van der Waals surface area contributed by atoms with E-state index in [0.717, 1.165) is 0 Å². The summed E-state index contributed by atoms with van der Waals surface area (Å²) < 4.78 is 5.58. The maximum atomic E-state index is 9.81. The van der Waals surface area contributed by atoms with Crippen LogP contribution >= 0.6 is 15.9 Å². The number of hydrogen-bond donors (Lipinski definition) is 3. The van der Waals surface area contributed by atoms with Crippen molar-refractivity contribution in [2.75, 3.05) is 7.11 Å². The van der Waals surface area contributed by atoms with Crippen LogP contribution in [0.4, 0.5) is 0 Å². The molecule has 0 fully saturated rings. The lowest BCUT2D eigenvalue weighted by atomic mass is 10.0. The number of phenolic OH excluding ortho intramolecular Hbond substituents is 1. The molecule has 0 aliphatic carbocycles. The van der Waals surface area contributed by atoms with Crippen molar-refractivity contribution in [1.82, 2.24) is 0 Å². The third-order valence-corrected chi connectivity index (χ3v) is 2.95. The van der Waals surface area contributed by atoms with Gasteiger partial charge >= 0.3 is 0 Å². The molecule has 1 rings (SSSR count). The molecule has 0 aromatic heterocycles. The van der Waals surface area contributed by atoms with E-state index in [4.69, 9.17) is 10.5 Å². The Hall–Kier alpha value is -0.780. The molecule has 0 bridgehead atoms. The van der Waals surface area contributed by atoms with Crippen LogP contribution in [0.2, 0.25) is 0 Å². The molecule has 4 nitrogen and oxygen atoms in total. The van der Waals surface area contributed by atoms with E-state index in [0.29, 0.717) is 15.8 Å². The van der Waals surface area contributed by atoms with Gasteiger partial charge in [0.1, 0.15) is 11.5 Å². The molecule has 5 heteroatoms. The predicted molar refractivity (Wildman–Crippen MR) is 61.0 cm³/mol. The van der Waals surface area contributed by atoms with Crippen molar-refractivity contribution in [2.24, 2.45) is 5.73 Å². The van der Waals surface area contributed by atoms with Crippen LogP contribution in [0.15, 0.2) is 16.6 Å². The van der Waals surface area contributed by atoms with Crippen molar-refractivity contribution >= 4 is 15.9 Å². The average Bonchev–Trinajstić information content (AvgIpc) is 2.17. The molecule has 0 heterocycles. The Morgan fingerprint density at radius 2 is 2.07 bits per heavy atom. The van der Waals surface area contributed by atoms with Crippen molar-refractivity contribution in [1.29, 1.82) is 0 Å². The average molecular weight is 276 g/mol. The largest absolute Gasteiger partial charge is 0.508 e. The zero-order valence-electron chi connectivity index (χ0n) is 8.57. The van der Waals surface area contributed by atoms with Gasteiger partial charge in [-0.1, -0.05) is 0 Å². The van der Waals surface area contributed by atoms with Gasteiger partial charge in [-0.05, 0) is 35.0 Å². The SMILES string of the molecule is COc1ccc(O)c(C(O)C(C)N)c1Br. The zero-order chi connectivity index (χ0) is 11.6. The second-order valence-corrected chi connectivity index (χ2v) is 4.11. The molecule has 15 heavy (non-hydrogen) atoms. The minimum absolute atomic E-state index is 0.00697. The Morgan fingerprint density at radius 3 is 2.53 bits per heavy atom. The molecule has 2 atom stereocenters. The summed E-state index contributed by atoms with van der Waals surface area (Å²) in [5.41, 5.74) is 5.93. The Balaban J connectivity index is 3.26. The molecular weight excluding hydrogens is 262 g/mol. The number of rotatable bonds is 3. The van der Waals surface area contributed by atoms with Gasteiger partial charge in [0.15, 0.2) is 0 Å². The van der Waals surface area contributed by atoms with Gasteiger partial charge in [0.05, 0.1) is 17.7 Å². The monoisotopic (exact) mass is 275 g/mol. The van der Waals surface area contributed by atoms with Crippen LogP contribution in [0.25, 0.3) is 0 Å². The number of benzene rings is 1. The van der Waals surface area contributed by atoms with E-state index >= 15 is 0 Å². The smallest absolute Gasteiger partial charge is 0.133 e. The highest BCUT2D eigenvalue weighted by atomic mass is 79.9. The molecule has 0 saturated heterocycles. The molecule has 0 amide bonds. The van der Waals surface area contributed by atoms with Crippen molar-refractivity contribution < 1.29 is 14.9 Å². The number of methoxy groups -OCH3 is 1. The number of phenols is 1. The minimum Gasteiger partial charge on any atom is -0.508 e. The number of halogens is 1. The number of ether oxygens (including phenoxy) is 1. The lowest BCUT2D eigenvalue weighted by Gasteiger charge is -2.19. The van der Waals surface area contributed by atoms with Gasteiger partial charge in [-0.3, -0.25) is 0 Å². The van der Waals surface area contributed by atoms with Crippen molar-refractivity contribution in [3.05, 3.63) is 22.2 Å². The van der Waals surface area contributed by atoms with Crippen molar-refractivity contribution in [3.8, 4) is 11.5 Å². The van der Waals surface area contributed by atoms with Crippen LogP contribution in [0.1, 0.15) is 18.6 Å². The molecule has 1 aromatic rings. The maximum Gasteiger partial charge on any atom is 0.133 e. The summed E-state index contributed by atoms with van der Waals surface area (Å²) in [7, 11) is 1.51. The second-order valence-electron chi connectivity index (χ2n) is 3.32. The van der Waals surface area contributed by atoms with Crippen molar-refractivity contribution in [3.63, 3.8) is 0 Å². The first-order chi connectivity index (χ1) is 6.99. The second kappa shape index (κ2) is 4.83. The normalized spacial score (nSPS) is 14.7. The lowest BCUT2D eigenvalue weighted by Crippen LogP contribution is -2.24. The number of aliphatic hydroxyl groups excluding tert-OH is 1. The first-order valence-corrected chi connectivity index (χ1v) is 5.27. The minimum atomic E-state index is -0.936. The quantitative estimate of drug-likeness (QED) is 0.782. The summed E-state index contributed by atoms with van der Waals surface area (Å²) in [6.07, 6.45) is -0.936. The number of aromatic hydroxyl groups is 1. The summed E-state index contributed by atoms with van der Waals surface area (Å²) in [6.45, 7) is 1.66. The maximum absolute atomic E-state index is 9.81. The Morgan fingerprint density at radius 1 is 1.47 bits per heavy atom. The fourth-order valence-electron chi connectivity index (χ4n) is 1.26. The summed E-state index contributed by atoms with van der Waals surface area (Å²) in [5.74, 6) is 0.537. The number of aliphatic hydroxyl groups is 1. The summed E-state index contributed by atoms with van der Waals surface area (Å²) in [4.78, 5) is 0. The van der Waals surface area contributed by atoms with E-state index in [-0.39, 0.29) is 5.75 Å². The van der Waals surface area contributed by atoms with Gasteiger partial charge in [0.25, 0.3) is 0 Å². The molecule has 84 valence electrons. The van der Waals surface area contributed by atoms with Crippen molar-refractivity contribution in [2.45, 2.75) is 19.1 Å². The third kappa shape index (κ3) is 2.42. The molecule has 1 aromatic carbocycles. The van der Waals surface area contributed by atoms with E-state index in [2.05, 4.69) is 15.9 Å². The van der Waals surface area contributed by atoms with Gasteiger partial charge in [0.2, 0.25) is 0 Å². The Labute approximate surface area is 96.8 Å². The van der Waals surface area contributed by atoms with Crippen LogP contribution in [0.3, 0.4) is 0 Å². The first-order valence-electron chi connectivity index (χ1n) is 4.48. The topological polar surface area (TPSA) is 75.7 Å². The van der Waals surface area contributed by atoms with Crippen LogP contribution in [-0.4, -0.2) is 23.4 Å². The molecule has 2 unspecified atom stereocenters. The highest BCUT2D eigenvalue weighted by Gasteiger charge is 2.21. The summed E-state index contributed by atoms with van der Waals surface area (Å²) in [6, 6.07) is 2.60. The fourth-order valence-corrected chi connectivity index (χ4v) is 2.00. The van der Waals surface area contributed by atoms with Crippen LogP contribution < -0.4 is 10.5 Å². The standard InChI is InChI=1S/C10H14BrNO3/c1-5(12)10(14)8-6(13)3-4-7(15-2)9(8)11/h3-5,10,13-14H,12H2,1-2H3. The zero-order valence-corrected chi connectivity index (χ0v) is 10.2. The lowest BCUT2D eigenvalue weighted by molar-refractivity contribution is 0.148. The molecule has 0 saturated carbocycles. The predicted octanol–water partition coefficient (Wildman–Crippen LogP) is 1.54. The molecule has 4 N–H and O–H groups in total. The molecule has 0 aliphatic rings. The van der Waals surface area contributed by atoms with E-state index in [9.17, 15) is 10.2 Å². The number of hydrogen-bond acceptors (Lipinski definition) is 4. The Kier molecular flexibility index (Phi) is 3.96. The molecular formula is C10H14BrNO3. The first kappa shape index (κ1) is 12.3. The van der Waals surface area contributed by atoms with Gasteiger partial charge in [-0.15, -0.1) is 0 Å². The van der Waals surface area contributed by atoms with Gasteiger partial charge < -0.3 is 20.7 Å². The Bertz CT molecular complexity index is 355. The molecule has 0 spiro atoms. The summed E-state index contributed by atoms with van der Waals surface area (Å²) >= 11 is 3.26. The third-order valence-electron chi connectivity index (χ3n) is 2.14. The van der Waals surface area contributed by atoms with Gasteiger partial charge in [0, 0.05) is 11.6 Å². The summed E-state index contributed by atoms with van der Waals surface area (Å²) in [5, 5.41) is 19.4. The van der Waals surface area contributed by atoms with Gasteiger partial charge in [-0.2, -0.15) is 0 Å².